The zero-order chi connectivity index (χ0) is 24.0. The molecular weight excluding hydrogens is 431 g/mol. The monoisotopic (exact) mass is 460 g/mol. The van der Waals surface area contributed by atoms with Crippen LogP contribution in [-0.4, -0.2) is 68.8 Å². The zero-order valence-electron chi connectivity index (χ0n) is 17.7. The Morgan fingerprint density at radius 1 is 1.27 bits per heavy atom. The molecule has 3 N–H and O–H groups in total. The van der Waals surface area contributed by atoms with Crippen LogP contribution in [0.3, 0.4) is 0 Å². The smallest absolute Gasteiger partial charge is 0.486 e. The summed E-state index contributed by atoms with van der Waals surface area (Å²) in [4.78, 5) is 16.2. The van der Waals surface area contributed by atoms with Gasteiger partial charge in [0.15, 0.2) is 0 Å². The third-order valence-electron chi connectivity index (χ3n) is 3.07. The first-order chi connectivity index (χ1) is 13.3. The number of pyridine rings is 1. The number of hydrogen-bond donors (Lipinski definition) is 2. The van der Waals surface area contributed by atoms with Gasteiger partial charge in [-0.2, -0.15) is 21.6 Å². The topological polar surface area (TPSA) is 129 Å². The number of nitrogens with zero attached hydrogens (tertiary/aromatic N) is 2. The van der Waals surface area contributed by atoms with Crippen LogP contribution in [0.5, 0.6) is 5.75 Å². The number of quaternary nitrogens is 1. The van der Waals surface area contributed by atoms with Crippen molar-refractivity contribution in [3.63, 3.8) is 0 Å². The van der Waals surface area contributed by atoms with Crippen LogP contribution in [0.1, 0.15) is 27.2 Å². The number of alkyl halides is 3. The highest BCUT2D eigenvalue weighted by atomic mass is 32.2. The third kappa shape index (κ3) is 10.7. The van der Waals surface area contributed by atoms with Crippen molar-refractivity contribution in [2.24, 2.45) is 5.73 Å². The molecular formula is C17H29F3N3O6S+. The van der Waals surface area contributed by atoms with Crippen molar-refractivity contribution in [3.05, 3.63) is 18.3 Å². The number of aromatic nitrogens is 1. The second kappa shape index (κ2) is 10.4. The predicted molar refractivity (Wildman–Crippen MR) is 105 cm³/mol. The summed E-state index contributed by atoms with van der Waals surface area (Å²) in [6.45, 7) is 5.78. The second-order valence-electron chi connectivity index (χ2n) is 8.04. The lowest BCUT2D eigenvalue weighted by atomic mass is 10.1. The molecule has 0 saturated heterocycles. The molecule has 0 aliphatic carbocycles. The number of ether oxygens (including phenoxy) is 2. The van der Waals surface area contributed by atoms with Crippen LogP contribution in [-0.2, 0) is 19.6 Å². The summed E-state index contributed by atoms with van der Waals surface area (Å²) in [5.41, 5.74) is -0.228. The Bertz CT molecular complexity index is 802. The highest BCUT2D eigenvalue weighted by Gasteiger charge is 2.44. The molecule has 1 aromatic heterocycles. The average Bonchev–Trinajstić information content (AvgIpc) is 2.51. The van der Waals surface area contributed by atoms with E-state index in [0.717, 1.165) is 5.82 Å². The van der Waals surface area contributed by atoms with Crippen molar-refractivity contribution in [1.29, 1.82) is 0 Å². The van der Waals surface area contributed by atoms with Gasteiger partial charge in [0.1, 0.15) is 11.6 Å². The van der Waals surface area contributed by atoms with Gasteiger partial charge in [0.2, 0.25) is 5.75 Å². The SMILES string of the molecule is CC(C)(C)OC(=O)C(N)CCOc1cccnc1[N+](C)(C)C.O=S(=O)(O)C(F)(F)F. The van der Waals surface area contributed by atoms with Gasteiger partial charge in [-0.05, 0) is 32.9 Å². The fraction of sp³-hybridized carbons (Fsp3) is 0.647. The van der Waals surface area contributed by atoms with Gasteiger partial charge in [-0.25, -0.2) is 4.98 Å². The van der Waals surface area contributed by atoms with Crippen molar-refractivity contribution < 1.29 is 40.4 Å². The summed E-state index contributed by atoms with van der Waals surface area (Å²) in [5.74, 6) is 1.12. The standard InChI is InChI=1S/C16H28N3O3.CHF3O3S/c1-16(2,3)22-15(20)12(17)9-11-21-13-8-7-10-18-14(13)19(4,5)6;2-1(3,4)8(5,6)7/h7-8,10,12H,9,11,17H2,1-6H3;(H,5,6,7)/q+1;. The minimum absolute atomic E-state index is 0.332. The number of esters is 1. The first-order valence-electron chi connectivity index (χ1n) is 8.67. The van der Waals surface area contributed by atoms with Crippen molar-refractivity contribution in [2.45, 2.75) is 44.3 Å². The van der Waals surface area contributed by atoms with Gasteiger partial charge in [-0.15, -0.1) is 0 Å². The lowest BCUT2D eigenvalue weighted by Gasteiger charge is -2.24. The quantitative estimate of drug-likeness (QED) is 0.286. The van der Waals surface area contributed by atoms with E-state index in [1.54, 1.807) is 6.20 Å². The number of carbonyl (C=O) groups excluding carboxylic acids is 1. The van der Waals surface area contributed by atoms with Gasteiger partial charge in [-0.1, -0.05) is 0 Å². The van der Waals surface area contributed by atoms with Gasteiger partial charge in [0.25, 0.3) is 5.82 Å². The summed E-state index contributed by atoms with van der Waals surface area (Å²) in [5, 5.41) is 0. The van der Waals surface area contributed by atoms with Gasteiger partial charge in [-0.3, -0.25) is 13.8 Å². The van der Waals surface area contributed by atoms with Crippen molar-refractivity contribution in [2.75, 3.05) is 27.7 Å². The maximum absolute atomic E-state index is 11.8. The summed E-state index contributed by atoms with van der Waals surface area (Å²) >= 11 is 0. The molecule has 1 atom stereocenters. The molecule has 1 aromatic rings. The summed E-state index contributed by atoms with van der Waals surface area (Å²) < 4.78 is 69.1. The molecule has 30 heavy (non-hydrogen) atoms. The van der Waals surface area contributed by atoms with E-state index in [1.807, 2.05) is 54.0 Å². The van der Waals surface area contributed by atoms with Gasteiger partial charge >= 0.3 is 21.6 Å². The predicted octanol–water partition coefficient (Wildman–Crippen LogP) is 2.11. The number of carbonyl (C=O) groups is 1. The lowest BCUT2D eigenvalue weighted by Crippen LogP contribution is -2.38. The summed E-state index contributed by atoms with van der Waals surface area (Å²) in [6.07, 6.45) is 2.12. The van der Waals surface area contributed by atoms with Gasteiger partial charge in [0.05, 0.1) is 27.7 Å². The molecule has 13 heteroatoms. The molecule has 1 rings (SSSR count). The van der Waals surface area contributed by atoms with E-state index in [9.17, 15) is 18.0 Å². The minimum atomic E-state index is -5.84. The number of hydrogen-bond acceptors (Lipinski definition) is 7. The zero-order valence-corrected chi connectivity index (χ0v) is 18.5. The Morgan fingerprint density at radius 3 is 2.17 bits per heavy atom. The molecule has 1 heterocycles. The molecule has 0 radical (unpaired) electrons. The Balaban J connectivity index is 0.000000890. The maximum Gasteiger partial charge on any atom is 0.522 e. The first-order valence-corrected chi connectivity index (χ1v) is 10.1. The minimum Gasteiger partial charge on any atom is -0.486 e. The molecule has 1 unspecified atom stereocenters. The molecule has 0 aliphatic rings. The molecule has 0 saturated carbocycles. The fourth-order valence-corrected chi connectivity index (χ4v) is 1.79. The van der Waals surface area contributed by atoms with E-state index in [-0.39, 0.29) is 0 Å². The van der Waals surface area contributed by atoms with E-state index >= 15 is 0 Å². The number of halogens is 3. The Hall–Kier alpha value is -1.96. The lowest BCUT2D eigenvalue weighted by molar-refractivity contribution is -0.156. The van der Waals surface area contributed by atoms with E-state index in [0.29, 0.717) is 23.3 Å². The molecule has 0 amide bonds. The second-order valence-corrected chi connectivity index (χ2v) is 9.45. The highest BCUT2D eigenvalue weighted by Crippen LogP contribution is 2.27. The van der Waals surface area contributed by atoms with Crippen molar-refractivity contribution in [1.82, 2.24) is 9.47 Å². The molecule has 0 bridgehead atoms. The van der Waals surface area contributed by atoms with E-state index in [1.165, 1.54) is 0 Å². The molecule has 0 aliphatic heterocycles. The van der Waals surface area contributed by atoms with Crippen LogP contribution in [0.25, 0.3) is 0 Å². The summed E-state index contributed by atoms with van der Waals surface area (Å²) in [7, 11) is 0.206. The van der Waals surface area contributed by atoms with E-state index < -0.39 is 33.2 Å². The highest BCUT2D eigenvalue weighted by molar-refractivity contribution is 7.86. The fourth-order valence-electron chi connectivity index (χ4n) is 1.79. The number of nitrogens with two attached hydrogens (primary N) is 1. The summed E-state index contributed by atoms with van der Waals surface area (Å²) in [6, 6.07) is 3.00. The number of rotatable bonds is 6. The molecule has 0 aromatic carbocycles. The average molecular weight is 460 g/mol. The van der Waals surface area contributed by atoms with Crippen molar-refractivity contribution >= 4 is 21.9 Å². The van der Waals surface area contributed by atoms with E-state index in [4.69, 9.17) is 28.2 Å². The molecule has 0 fully saturated rings. The van der Waals surface area contributed by atoms with Crippen LogP contribution in [0.2, 0.25) is 0 Å². The Kier molecular flexibility index (Phi) is 9.70. The van der Waals surface area contributed by atoms with Gasteiger partial charge < -0.3 is 15.2 Å². The van der Waals surface area contributed by atoms with Crippen LogP contribution >= 0.6 is 0 Å². The maximum atomic E-state index is 11.8. The molecule has 174 valence electrons. The van der Waals surface area contributed by atoms with Crippen LogP contribution < -0.4 is 15.0 Å². The molecule has 9 nitrogen and oxygen atoms in total. The largest absolute Gasteiger partial charge is 0.522 e. The third-order valence-corrected chi connectivity index (χ3v) is 3.66. The van der Waals surface area contributed by atoms with Crippen LogP contribution in [0.4, 0.5) is 19.0 Å². The Morgan fingerprint density at radius 2 is 1.77 bits per heavy atom. The van der Waals surface area contributed by atoms with E-state index in [2.05, 4.69) is 4.98 Å². The first kappa shape index (κ1) is 28.0. The van der Waals surface area contributed by atoms with Crippen LogP contribution in [0.15, 0.2) is 18.3 Å². The van der Waals surface area contributed by atoms with Crippen molar-refractivity contribution in [3.8, 4) is 5.75 Å². The normalized spacial score (nSPS) is 13.7. The molecule has 0 spiro atoms. The van der Waals surface area contributed by atoms with Crippen LogP contribution in [0, 0.1) is 0 Å². The Labute approximate surface area is 174 Å². The van der Waals surface area contributed by atoms with Gasteiger partial charge in [0, 0.05) is 12.6 Å².